The Morgan fingerprint density at radius 1 is 1.30 bits per heavy atom. The van der Waals surface area contributed by atoms with E-state index in [4.69, 9.17) is 17.0 Å². The Balaban J connectivity index is 2.31. The normalized spacial score (nSPS) is 10.3. The summed E-state index contributed by atoms with van der Waals surface area (Å²) in [5.41, 5.74) is -0.550. The van der Waals surface area contributed by atoms with Crippen molar-refractivity contribution < 1.29 is 8.78 Å². The Kier molecular flexibility index (Phi) is 4.14. The molecule has 20 heavy (non-hydrogen) atoms. The molecule has 4 nitrogen and oxygen atoms in total. The Labute approximate surface area is 117 Å². The van der Waals surface area contributed by atoms with Crippen molar-refractivity contribution in [2.24, 2.45) is 0 Å². The maximum absolute atomic E-state index is 13.5. The summed E-state index contributed by atoms with van der Waals surface area (Å²) in [7, 11) is 0. The minimum atomic E-state index is -0.690. The van der Waals surface area contributed by atoms with E-state index in [1.54, 1.807) is 0 Å². The van der Waals surface area contributed by atoms with E-state index in [-0.39, 0.29) is 23.4 Å². The monoisotopic (exact) mass is 297 g/mol. The molecule has 0 amide bonds. The average molecular weight is 298 g/mol. The molecular weight excluding hydrogens is 288 g/mol. The van der Waals surface area contributed by atoms with Crippen LogP contribution in [-0.2, 0) is 6.54 Å². The first-order chi connectivity index (χ1) is 9.50. The lowest BCUT2D eigenvalue weighted by atomic mass is 10.2. The van der Waals surface area contributed by atoms with E-state index in [2.05, 4.69) is 10.3 Å². The second-order valence-electron chi connectivity index (χ2n) is 3.96. The number of halogens is 3. The summed E-state index contributed by atoms with van der Waals surface area (Å²) >= 11 is 5.53. The van der Waals surface area contributed by atoms with E-state index >= 15 is 0 Å². The van der Waals surface area contributed by atoms with Crippen LogP contribution in [0.15, 0.2) is 35.3 Å². The number of nitrogens with one attached hydrogen (secondary N) is 3. The molecule has 0 aliphatic heterocycles. The molecule has 0 aliphatic rings. The third-order valence-electron chi connectivity index (χ3n) is 2.70. The first-order valence-corrected chi connectivity index (χ1v) is 6.01. The van der Waals surface area contributed by atoms with Gasteiger partial charge in [0.15, 0.2) is 0 Å². The van der Waals surface area contributed by atoms with E-state index < -0.39 is 22.4 Å². The molecule has 0 aliphatic carbocycles. The van der Waals surface area contributed by atoms with Gasteiger partial charge in [0.2, 0.25) is 0 Å². The highest BCUT2D eigenvalue weighted by molar-refractivity contribution is 6.69. The van der Waals surface area contributed by atoms with Gasteiger partial charge in [0, 0.05) is 18.3 Å². The molecule has 1 heterocycles. The number of benzene rings is 1. The van der Waals surface area contributed by atoms with Crippen LogP contribution in [0.25, 0.3) is 0 Å². The van der Waals surface area contributed by atoms with E-state index in [0.717, 1.165) is 12.1 Å². The van der Waals surface area contributed by atoms with Crippen molar-refractivity contribution >= 4 is 22.5 Å². The Hall–Kier alpha value is -2.21. The van der Waals surface area contributed by atoms with Gasteiger partial charge >= 0.3 is 0 Å². The number of pyridine rings is 1. The zero-order chi connectivity index (χ0) is 14.7. The molecule has 0 saturated carbocycles. The largest absolute Gasteiger partial charge is 0.380 e. The second kappa shape index (κ2) is 5.83. The lowest BCUT2D eigenvalue weighted by Crippen LogP contribution is -2.18. The number of hydrogen-bond donors (Lipinski definition) is 3. The molecule has 0 spiro atoms. The first kappa shape index (κ1) is 14.2. The van der Waals surface area contributed by atoms with Gasteiger partial charge in [0.25, 0.3) is 5.56 Å². The molecule has 2 rings (SSSR count). The van der Waals surface area contributed by atoms with Gasteiger partial charge < -0.3 is 10.3 Å². The number of H-pyrrole nitrogens is 1. The minimum Gasteiger partial charge on any atom is -0.380 e. The summed E-state index contributed by atoms with van der Waals surface area (Å²) in [5.74, 6) is -1.38. The fourth-order valence-electron chi connectivity index (χ4n) is 1.73. The molecule has 1 aromatic heterocycles. The molecule has 2 aromatic rings. The number of aromatic nitrogens is 1. The highest BCUT2D eigenvalue weighted by atomic mass is 35.5. The van der Waals surface area contributed by atoms with E-state index in [1.807, 2.05) is 0 Å². The topological polar surface area (TPSA) is 68.7 Å². The average Bonchev–Trinajstić information content (AvgIpc) is 2.37. The van der Waals surface area contributed by atoms with Crippen molar-refractivity contribution in [3.05, 3.63) is 63.6 Å². The summed E-state index contributed by atoms with van der Waals surface area (Å²) in [4.78, 5) is 13.9. The molecule has 0 radical (unpaired) electrons. The maximum Gasteiger partial charge on any atom is 0.260 e. The Morgan fingerprint density at radius 2 is 1.95 bits per heavy atom. The predicted molar refractivity (Wildman–Crippen MR) is 73.4 cm³/mol. The van der Waals surface area contributed by atoms with Gasteiger partial charge in [0.05, 0.1) is 11.3 Å². The van der Waals surface area contributed by atoms with Gasteiger partial charge in [-0.1, -0.05) is 17.7 Å². The summed E-state index contributed by atoms with van der Waals surface area (Å²) < 4.78 is 27.0. The third kappa shape index (κ3) is 2.85. The number of hydrogen-bond acceptors (Lipinski definition) is 3. The maximum atomic E-state index is 13.5. The molecule has 3 N–H and O–H groups in total. The van der Waals surface area contributed by atoms with Gasteiger partial charge in [-0.05, 0) is 18.2 Å². The molecule has 0 bridgehead atoms. The Morgan fingerprint density at radius 3 is 2.55 bits per heavy atom. The quantitative estimate of drug-likeness (QED) is 0.760. The van der Waals surface area contributed by atoms with Gasteiger partial charge in [-0.3, -0.25) is 10.2 Å². The van der Waals surface area contributed by atoms with Crippen LogP contribution in [0.4, 0.5) is 14.5 Å². The molecule has 0 unspecified atom stereocenters. The van der Waals surface area contributed by atoms with Crippen molar-refractivity contribution in [1.29, 1.82) is 5.41 Å². The van der Waals surface area contributed by atoms with E-state index in [9.17, 15) is 13.6 Å². The first-order valence-electron chi connectivity index (χ1n) is 5.63. The third-order valence-corrected chi connectivity index (χ3v) is 2.89. The van der Waals surface area contributed by atoms with Crippen molar-refractivity contribution in [3.8, 4) is 0 Å². The van der Waals surface area contributed by atoms with Crippen LogP contribution in [0.1, 0.15) is 11.1 Å². The molecule has 0 atom stereocenters. The van der Waals surface area contributed by atoms with E-state index in [1.165, 1.54) is 18.3 Å². The second-order valence-corrected chi connectivity index (χ2v) is 4.34. The van der Waals surface area contributed by atoms with Crippen molar-refractivity contribution in [3.63, 3.8) is 0 Å². The summed E-state index contributed by atoms with van der Waals surface area (Å²) in [6, 6.07) is 5.01. The van der Waals surface area contributed by atoms with Crippen LogP contribution < -0.4 is 10.9 Å². The number of rotatable bonds is 4. The molecule has 1 aromatic carbocycles. The summed E-state index contributed by atoms with van der Waals surface area (Å²) in [5, 5.41) is 9.59. The van der Waals surface area contributed by atoms with Gasteiger partial charge in [-0.15, -0.1) is 0 Å². The Bertz CT molecular complexity index is 695. The summed E-state index contributed by atoms with van der Waals surface area (Å²) in [6.07, 6.45) is 1.35. The van der Waals surface area contributed by atoms with Crippen LogP contribution >= 0.6 is 11.6 Å². The molecular formula is C13H10ClF2N3O. The van der Waals surface area contributed by atoms with Gasteiger partial charge in [-0.2, -0.15) is 0 Å². The van der Waals surface area contributed by atoms with Crippen LogP contribution in [-0.4, -0.2) is 10.2 Å². The van der Waals surface area contributed by atoms with Crippen LogP contribution in [0, 0.1) is 17.0 Å². The van der Waals surface area contributed by atoms with Crippen molar-refractivity contribution in [2.75, 3.05) is 5.32 Å². The standard InChI is InChI=1S/C13H10ClF2N3O/c14-12(17)11-10(4-5-18-13(11)20)19-6-7-8(15)2-1-3-9(7)16/h1-5,17H,6H2,(H2,18,19,20). The minimum absolute atomic E-state index is 0.0779. The lowest BCUT2D eigenvalue weighted by Gasteiger charge is -2.10. The molecule has 0 fully saturated rings. The smallest absolute Gasteiger partial charge is 0.260 e. The molecule has 7 heteroatoms. The summed E-state index contributed by atoms with van der Waals surface area (Å²) in [6.45, 7) is -0.168. The SMILES string of the molecule is N=C(Cl)c1c(NCc2c(F)cccc2F)cc[nH]c1=O. The van der Waals surface area contributed by atoms with Crippen LogP contribution in [0.2, 0.25) is 0 Å². The van der Waals surface area contributed by atoms with E-state index in [0.29, 0.717) is 0 Å². The van der Waals surface area contributed by atoms with Crippen LogP contribution in [0.5, 0.6) is 0 Å². The van der Waals surface area contributed by atoms with Gasteiger partial charge in [0.1, 0.15) is 16.8 Å². The number of aromatic amines is 1. The predicted octanol–water partition coefficient (Wildman–Crippen LogP) is 2.83. The van der Waals surface area contributed by atoms with Gasteiger partial charge in [-0.25, -0.2) is 8.78 Å². The van der Waals surface area contributed by atoms with Crippen molar-refractivity contribution in [2.45, 2.75) is 6.54 Å². The fraction of sp³-hybridized carbons (Fsp3) is 0.0769. The highest BCUT2D eigenvalue weighted by Gasteiger charge is 2.13. The molecule has 104 valence electrons. The number of anilines is 1. The van der Waals surface area contributed by atoms with Crippen molar-refractivity contribution in [1.82, 2.24) is 4.98 Å². The zero-order valence-electron chi connectivity index (χ0n) is 10.1. The van der Waals surface area contributed by atoms with Crippen LogP contribution in [0.3, 0.4) is 0 Å². The zero-order valence-corrected chi connectivity index (χ0v) is 10.9. The molecule has 0 saturated heterocycles. The fourth-order valence-corrected chi connectivity index (χ4v) is 1.92. The highest BCUT2D eigenvalue weighted by Crippen LogP contribution is 2.17. The lowest BCUT2D eigenvalue weighted by molar-refractivity contribution is 0.560.